The first-order valence-electron chi connectivity index (χ1n) is 6.52. The number of benzene rings is 1. The Labute approximate surface area is 117 Å². The molecule has 0 spiro atoms. The van der Waals surface area contributed by atoms with Crippen LogP contribution < -0.4 is 26.8 Å². The molecule has 0 aliphatic carbocycles. The predicted molar refractivity (Wildman–Crippen MR) is 82.1 cm³/mol. The Kier molecular flexibility index (Phi) is 3.54. The quantitative estimate of drug-likeness (QED) is 0.470. The van der Waals surface area contributed by atoms with Gasteiger partial charge in [-0.3, -0.25) is 5.01 Å². The molecule has 0 bridgehead atoms. The van der Waals surface area contributed by atoms with Crippen molar-refractivity contribution in [3.8, 4) is 0 Å². The van der Waals surface area contributed by atoms with Gasteiger partial charge in [0.2, 0.25) is 0 Å². The lowest BCUT2D eigenvalue weighted by Crippen LogP contribution is -2.39. The van der Waals surface area contributed by atoms with E-state index in [1.165, 1.54) is 16.3 Å². The highest BCUT2D eigenvalue weighted by Crippen LogP contribution is 2.48. The van der Waals surface area contributed by atoms with Gasteiger partial charge >= 0.3 is 0 Å². The van der Waals surface area contributed by atoms with E-state index in [-0.39, 0.29) is 5.50 Å². The third kappa shape index (κ3) is 2.80. The number of nitrogens with zero attached hydrogens (tertiary/aromatic N) is 1. The molecule has 0 saturated heterocycles. The molecule has 1 unspecified atom stereocenters. The highest BCUT2D eigenvalue weighted by atomic mass is 32.2. The van der Waals surface area contributed by atoms with Crippen LogP contribution in [0.15, 0.2) is 29.3 Å². The van der Waals surface area contributed by atoms with E-state index in [4.69, 9.17) is 5.73 Å². The van der Waals surface area contributed by atoms with E-state index in [0.29, 0.717) is 0 Å². The number of thioether (sulfide) groups is 1. The fraction of sp³-hybridized carbons (Fsp3) is 0.385. The first-order valence-corrected chi connectivity index (χ1v) is 7.39. The summed E-state index contributed by atoms with van der Waals surface area (Å²) in [5, 5.41) is 8.78. The summed E-state index contributed by atoms with van der Waals surface area (Å²) in [7, 11) is 0. The Balaban J connectivity index is 1.53. The van der Waals surface area contributed by atoms with Crippen LogP contribution in [0.1, 0.15) is 13.3 Å². The zero-order chi connectivity index (χ0) is 13.2. The molecule has 1 atom stereocenters. The van der Waals surface area contributed by atoms with Crippen molar-refractivity contribution in [2.45, 2.75) is 18.8 Å². The molecule has 2 aliphatic heterocycles. The van der Waals surface area contributed by atoms with Gasteiger partial charge in [-0.25, -0.2) is 0 Å². The maximum atomic E-state index is 5.49. The van der Waals surface area contributed by atoms with Gasteiger partial charge in [0.15, 0.2) is 0 Å². The smallest absolute Gasteiger partial charge is 0.146 e. The summed E-state index contributed by atoms with van der Waals surface area (Å²) < 4.78 is 0. The van der Waals surface area contributed by atoms with Crippen LogP contribution >= 0.6 is 11.8 Å². The second-order valence-corrected chi connectivity index (χ2v) is 6.01. The van der Waals surface area contributed by atoms with Crippen molar-refractivity contribution in [3.05, 3.63) is 29.3 Å². The SMILES string of the molecule is CC1=CNC(NN2c3ccc(NCCCN)cc32)S1. The fourth-order valence-corrected chi connectivity index (χ4v) is 2.87. The average Bonchev–Trinajstić information content (AvgIpc) is 2.91. The Bertz CT molecular complexity index is 502. The molecular formula is C13H19N5S. The van der Waals surface area contributed by atoms with E-state index < -0.39 is 0 Å². The van der Waals surface area contributed by atoms with Crippen LogP contribution in [0.3, 0.4) is 0 Å². The van der Waals surface area contributed by atoms with E-state index in [1.54, 1.807) is 11.8 Å². The van der Waals surface area contributed by atoms with Crippen molar-refractivity contribution in [1.82, 2.24) is 10.7 Å². The van der Waals surface area contributed by atoms with Gasteiger partial charge in [-0.2, -0.15) is 5.43 Å². The molecule has 0 fully saturated rings. The molecule has 102 valence electrons. The van der Waals surface area contributed by atoms with E-state index in [9.17, 15) is 0 Å². The number of nitrogens with two attached hydrogens (primary N) is 1. The minimum atomic E-state index is 0.223. The molecule has 19 heavy (non-hydrogen) atoms. The summed E-state index contributed by atoms with van der Waals surface area (Å²) in [4.78, 5) is 1.30. The molecule has 2 heterocycles. The minimum absolute atomic E-state index is 0.223. The van der Waals surface area contributed by atoms with Gasteiger partial charge in [0.05, 0.1) is 11.4 Å². The second kappa shape index (κ2) is 5.32. The number of anilines is 3. The summed E-state index contributed by atoms with van der Waals surface area (Å²) >= 11 is 1.79. The van der Waals surface area contributed by atoms with Gasteiger partial charge in [0.25, 0.3) is 0 Å². The Hall–Kier alpha value is -1.37. The highest BCUT2D eigenvalue weighted by molar-refractivity contribution is 8.03. The van der Waals surface area contributed by atoms with Gasteiger partial charge in [-0.1, -0.05) is 11.8 Å². The van der Waals surface area contributed by atoms with Crippen LogP contribution in [-0.2, 0) is 0 Å². The first-order chi connectivity index (χ1) is 9.28. The molecular weight excluding hydrogens is 258 g/mol. The highest BCUT2D eigenvalue weighted by Gasteiger charge is 2.32. The normalized spacial score (nSPS) is 19.8. The predicted octanol–water partition coefficient (Wildman–Crippen LogP) is 1.88. The lowest BCUT2D eigenvalue weighted by molar-refractivity contribution is 0.650. The zero-order valence-corrected chi connectivity index (χ0v) is 11.8. The molecule has 0 aromatic heterocycles. The van der Waals surface area contributed by atoms with Gasteiger partial charge < -0.3 is 16.4 Å². The number of nitrogens with one attached hydrogen (secondary N) is 3. The average molecular weight is 277 g/mol. The number of allylic oxidation sites excluding steroid dienone is 1. The van der Waals surface area contributed by atoms with E-state index >= 15 is 0 Å². The Morgan fingerprint density at radius 2 is 2.32 bits per heavy atom. The van der Waals surface area contributed by atoms with E-state index in [0.717, 1.165) is 25.2 Å². The standard InChI is InChI=1S/C13H19N5S/c1-9-8-16-13(19-9)17-18-11-4-3-10(7-12(11)18)15-6-2-5-14/h3-4,7-8,13,15-17H,2,5-6,14H2,1H3. The third-order valence-corrected chi connectivity index (χ3v) is 4.07. The minimum Gasteiger partial charge on any atom is -0.385 e. The molecule has 1 aromatic carbocycles. The maximum Gasteiger partial charge on any atom is 0.146 e. The fourth-order valence-electron chi connectivity index (χ4n) is 2.07. The topological polar surface area (TPSA) is 65.1 Å². The summed E-state index contributed by atoms with van der Waals surface area (Å²) in [6.45, 7) is 3.75. The number of hydrogen-bond donors (Lipinski definition) is 4. The molecule has 2 aliphatic rings. The van der Waals surface area contributed by atoms with Crippen molar-refractivity contribution < 1.29 is 0 Å². The van der Waals surface area contributed by atoms with Gasteiger partial charge in [-0.15, -0.1) is 0 Å². The Morgan fingerprint density at radius 1 is 1.42 bits per heavy atom. The summed E-state index contributed by atoms with van der Waals surface area (Å²) in [6.07, 6.45) is 3.03. The molecule has 3 rings (SSSR count). The molecule has 0 saturated carbocycles. The van der Waals surface area contributed by atoms with Crippen LogP contribution in [0.5, 0.6) is 0 Å². The largest absolute Gasteiger partial charge is 0.385 e. The molecule has 0 radical (unpaired) electrons. The summed E-state index contributed by atoms with van der Waals surface area (Å²) in [5.74, 6) is 0. The zero-order valence-electron chi connectivity index (χ0n) is 10.9. The third-order valence-electron chi connectivity index (χ3n) is 3.11. The van der Waals surface area contributed by atoms with Crippen LogP contribution in [0.4, 0.5) is 17.1 Å². The van der Waals surface area contributed by atoms with E-state index in [1.807, 2.05) is 6.20 Å². The van der Waals surface area contributed by atoms with Crippen molar-refractivity contribution in [2.75, 3.05) is 23.4 Å². The second-order valence-electron chi connectivity index (χ2n) is 4.66. The molecule has 5 nitrogen and oxygen atoms in total. The van der Waals surface area contributed by atoms with Crippen LogP contribution in [-0.4, -0.2) is 18.6 Å². The van der Waals surface area contributed by atoms with Crippen molar-refractivity contribution in [2.24, 2.45) is 5.73 Å². The van der Waals surface area contributed by atoms with Crippen LogP contribution in [0.2, 0.25) is 0 Å². The molecule has 5 N–H and O–H groups in total. The Morgan fingerprint density at radius 3 is 3.05 bits per heavy atom. The number of hydrogen-bond acceptors (Lipinski definition) is 6. The first kappa shape index (κ1) is 12.7. The van der Waals surface area contributed by atoms with Gasteiger partial charge in [0.1, 0.15) is 5.50 Å². The molecule has 1 aromatic rings. The number of rotatable bonds is 6. The van der Waals surface area contributed by atoms with Crippen LogP contribution in [0.25, 0.3) is 0 Å². The maximum absolute atomic E-state index is 5.49. The molecule has 0 amide bonds. The van der Waals surface area contributed by atoms with Crippen molar-refractivity contribution in [1.29, 1.82) is 0 Å². The van der Waals surface area contributed by atoms with E-state index in [2.05, 4.69) is 46.2 Å². The van der Waals surface area contributed by atoms with Gasteiger partial charge in [-0.05, 0) is 38.1 Å². The van der Waals surface area contributed by atoms with Gasteiger partial charge in [0, 0.05) is 23.3 Å². The van der Waals surface area contributed by atoms with Crippen molar-refractivity contribution in [3.63, 3.8) is 0 Å². The monoisotopic (exact) mass is 277 g/mol. The summed E-state index contributed by atoms with van der Waals surface area (Å²) in [6, 6.07) is 6.40. The summed E-state index contributed by atoms with van der Waals surface area (Å²) in [5.41, 5.74) is 12.8. The van der Waals surface area contributed by atoms with Crippen molar-refractivity contribution >= 4 is 28.8 Å². The van der Waals surface area contributed by atoms with Crippen LogP contribution in [0, 0.1) is 0 Å². The number of fused-ring (bicyclic) bond motifs is 1. The molecule has 6 heteroatoms. The number of hydrazine groups is 1. The lowest BCUT2D eigenvalue weighted by atomic mass is 10.3. The lowest BCUT2D eigenvalue weighted by Gasteiger charge is -2.13.